The van der Waals surface area contributed by atoms with Gasteiger partial charge in [0.1, 0.15) is 0 Å². The number of nitrogens with zero attached hydrogens (tertiary/aromatic N) is 2. The molecule has 96 valence electrons. The highest BCUT2D eigenvalue weighted by molar-refractivity contribution is 7.99. The van der Waals surface area contributed by atoms with Crippen molar-refractivity contribution in [2.24, 2.45) is 11.8 Å². The summed E-state index contributed by atoms with van der Waals surface area (Å²) in [6, 6.07) is 2.20. The fourth-order valence-electron chi connectivity index (χ4n) is 3.16. The number of thioether (sulfide) groups is 1. The minimum atomic E-state index is 0.116. The molecule has 2 aliphatic carbocycles. The Kier molecular flexibility index (Phi) is 3.50. The lowest BCUT2D eigenvalue weighted by atomic mass is 9.95. The summed E-state index contributed by atoms with van der Waals surface area (Å²) in [4.78, 5) is 20.0. The van der Waals surface area contributed by atoms with Gasteiger partial charge in [0, 0.05) is 18.4 Å². The average molecular weight is 263 g/mol. The molecule has 0 spiro atoms. The molecule has 2 fully saturated rings. The van der Waals surface area contributed by atoms with Crippen LogP contribution >= 0.6 is 11.8 Å². The zero-order chi connectivity index (χ0) is 12.4. The molecular formula is C13H17N3OS. The van der Waals surface area contributed by atoms with Gasteiger partial charge in [0.25, 0.3) is 0 Å². The minimum Gasteiger partial charge on any atom is -0.352 e. The van der Waals surface area contributed by atoms with Crippen LogP contribution in [0.5, 0.6) is 0 Å². The van der Waals surface area contributed by atoms with Gasteiger partial charge in [-0.05, 0) is 37.2 Å². The molecule has 1 amide bonds. The van der Waals surface area contributed by atoms with E-state index >= 15 is 0 Å². The van der Waals surface area contributed by atoms with Gasteiger partial charge in [-0.3, -0.25) is 4.79 Å². The van der Waals surface area contributed by atoms with Crippen molar-refractivity contribution in [1.82, 2.24) is 15.3 Å². The smallest absolute Gasteiger partial charge is 0.230 e. The number of aromatic nitrogens is 2. The first-order chi connectivity index (χ1) is 8.81. The van der Waals surface area contributed by atoms with Crippen LogP contribution in [0, 0.1) is 11.8 Å². The lowest BCUT2D eigenvalue weighted by molar-refractivity contribution is -0.119. The highest BCUT2D eigenvalue weighted by atomic mass is 32.2. The molecule has 1 heterocycles. The van der Waals surface area contributed by atoms with Gasteiger partial charge >= 0.3 is 0 Å². The molecule has 3 rings (SSSR count). The van der Waals surface area contributed by atoms with Crippen molar-refractivity contribution < 1.29 is 4.79 Å². The highest BCUT2D eigenvalue weighted by Crippen LogP contribution is 2.44. The summed E-state index contributed by atoms with van der Waals surface area (Å²) in [5, 5.41) is 3.83. The Morgan fingerprint density at radius 1 is 1.33 bits per heavy atom. The molecule has 3 atom stereocenters. The maximum absolute atomic E-state index is 11.9. The second-order valence-electron chi connectivity index (χ2n) is 5.17. The molecule has 1 aromatic rings. The van der Waals surface area contributed by atoms with Crippen molar-refractivity contribution in [1.29, 1.82) is 0 Å². The van der Waals surface area contributed by atoms with E-state index in [1.807, 2.05) is 0 Å². The van der Waals surface area contributed by atoms with E-state index in [4.69, 9.17) is 0 Å². The summed E-state index contributed by atoms with van der Waals surface area (Å²) in [6.07, 6.45) is 8.56. The molecule has 2 bridgehead atoms. The van der Waals surface area contributed by atoms with Crippen LogP contribution in [0.3, 0.4) is 0 Å². The predicted octanol–water partition coefficient (Wildman–Crippen LogP) is 1.87. The van der Waals surface area contributed by atoms with E-state index in [1.165, 1.54) is 37.4 Å². The van der Waals surface area contributed by atoms with Gasteiger partial charge < -0.3 is 5.32 Å². The molecule has 1 aromatic heterocycles. The topological polar surface area (TPSA) is 54.9 Å². The fraction of sp³-hybridized carbons (Fsp3) is 0.615. The third kappa shape index (κ3) is 2.66. The van der Waals surface area contributed by atoms with Gasteiger partial charge in [-0.1, -0.05) is 18.2 Å². The van der Waals surface area contributed by atoms with E-state index in [0.29, 0.717) is 17.0 Å². The third-order valence-electron chi connectivity index (χ3n) is 3.96. The monoisotopic (exact) mass is 263 g/mol. The number of fused-ring (bicyclic) bond motifs is 2. The van der Waals surface area contributed by atoms with E-state index < -0.39 is 0 Å². The van der Waals surface area contributed by atoms with Gasteiger partial charge in [-0.2, -0.15) is 0 Å². The standard InChI is InChI=1S/C13H17N3OS/c17-12(8-18-13-14-4-1-5-15-13)16-11-7-9-2-3-10(11)6-9/h1,4-5,9-11H,2-3,6-8H2,(H,16,17)/t9-,10-,11-/m1/s1. The number of carbonyl (C=O) groups excluding carboxylic acids is 1. The summed E-state index contributed by atoms with van der Waals surface area (Å²) >= 11 is 1.40. The Morgan fingerprint density at radius 2 is 2.17 bits per heavy atom. The van der Waals surface area contributed by atoms with Crippen molar-refractivity contribution in [3.8, 4) is 0 Å². The van der Waals surface area contributed by atoms with Crippen LogP contribution in [0.1, 0.15) is 25.7 Å². The number of carbonyl (C=O) groups is 1. The van der Waals surface area contributed by atoms with Crippen LogP contribution in [0.25, 0.3) is 0 Å². The average Bonchev–Trinajstić information content (AvgIpc) is 3.00. The summed E-state index contributed by atoms with van der Waals surface area (Å²) in [5.74, 6) is 2.13. The molecule has 2 saturated carbocycles. The summed E-state index contributed by atoms with van der Waals surface area (Å²) < 4.78 is 0. The molecule has 18 heavy (non-hydrogen) atoms. The van der Waals surface area contributed by atoms with Gasteiger partial charge in [-0.25, -0.2) is 9.97 Å². The van der Waals surface area contributed by atoms with Crippen molar-refractivity contribution in [2.45, 2.75) is 36.9 Å². The maximum Gasteiger partial charge on any atom is 0.230 e. The van der Waals surface area contributed by atoms with Gasteiger partial charge in [-0.15, -0.1) is 0 Å². The molecule has 2 aliphatic rings. The molecule has 4 nitrogen and oxygen atoms in total. The van der Waals surface area contributed by atoms with E-state index in [2.05, 4.69) is 15.3 Å². The Hall–Kier alpha value is -1.10. The van der Waals surface area contributed by atoms with Crippen LogP contribution in [0.2, 0.25) is 0 Å². The number of amides is 1. The quantitative estimate of drug-likeness (QED) is 0.665. The molecular weight excluding hydrogens is 246 g/mol. The normalized spacial score (nSPS) is 29.4. The van der Waals surface area contributed by atoms with E-state index in [0.717, 1.165) is 11.8 Å². The number of rotatable bonds is 4. The zero-order valence-electron chi connectivity index (χ0n) is 10.2. The Morgan fingerprint density at radius 3 is 2.83 bits per heavy atom. The Balaban J connectivity index is 1.45. The van der Waals surface area contributed by atoms with Crippen LogP contribution < -0.4 is 5.32 Å². The van der Waals surface area contributed by atoms with E-state index in [1.54, 1.807) is 18.5 Å². The Bertz CT molecular complexity index is 426. The van der Waals surface area contributed by atoms with Crippen LogP contribution in [0.15, 0.2) is 23.6 Å². The van der Waals surface area contributed by atoms with Crippen LogP contribution in [0.4, 0.5) is 0 Å². The van der Waals surface area contributed by atoms with E-state index in [-0.39, 0.29) is 5.91 Å². The summed E-state index contributed by atoms with van der Waals surface area (Å²) in [5.41, 5.74) is 0. The number of hydrogen-bond donors (Lipinski definition) is 1. The van der Waals surface area contributed by atoms with Gasteiger partial charge in [0.2, 0.25) is 5.91 Å². The predicted molar refractivity (Wildman–Crippen MR) is 70.1 cm³/mol. The molecule has 5 heteroatoms. The lowest BCUT2D eigenvalue weighted by Gasteiger charge is -2.22. The zero-order valence-corrected chi connectivity index (χ0v) is 11.0. The van der Waals surface area contributed by atoms with Crippen molar-refractivity contribution in [3.05, 3.63) is 18.5 Å². The van der Waals surface area contributed by atoms with Crippen LogP contribution in [-0.2, 0) is 4.79 Å². The second kappa shape index (κ2) is 5.26. The van der Waals surface area contributed by atoms with Gasteiger partial charge in [0.15, 0.2) is 5.16 Å². The molecule has 0 unspecified atom stereocenters. The lowest BCUT2D eigenvalue weighted by Crippen LogP contribution is -2.39. The minimum absolute atomic E-state index is 0.116. The Labute approximate surface area is 111 Å². The van der Waals surface area contributed by atoms with Crippen molar-refractivity contribution in [3.63, 3.8) is 0 Å². The van der Waals surface area contributed by atoms with Crippen molar-refractivity contribution >= 4 is 17.7 Å². The number of nitrogens with one attached hydrogen (secondary N) is 1. The van der Waals surface area contributed by atoms with Crippen molar-refractivity contribution in [2.75, 3.05) is 5.75 Å². The van der Waals surface area contributed by atoms with Gasteiger partial charge in [0.05, 0.1) is 5.75 Å². The molecule has 0 aliphatic heterocycles. The first-order valence-electron chi connectivity index (χ1n) is 6.50. The SMILES string of the molecule is O=C(CSc1ncccn1)N[C@@H]1C[C@@H]2CC[C@@H]1C2. The number of hydrogen-bond acceptors (Lipinski definition) is 4. The largest absolute Gasteiger partial charge is 0.352 e. The fourth-order valence-corrected chi connectivity index (χ4v) is 3.77. The van der Waals surface area contributed by atoms with Crippen LogP contribution in [-0.4, -0.2) is 27.7 Å². The second-order valence-corrected chi connectivity index (χ2v) is 6.11. The first kappa shape index (κ1) is 12.0. The molecule has 0 aromatic carbocycles. The summed E-state index contributed by atoms with van der Waals surface area (Å²) in [7, 11) is 0. The molecule has 0 radical (unpaired) electrons. The summed E-state index contributed by atoms with van der Waals surface area (Å²) in [6.45, 7) is 0. The maximum atomic E-state index is 11.9. The first-order valence-corrected chi connectivity index (χ1v) is 7.49. The molecule has 0 saturated heterocycles. The molecule has 1 N–H and O–H groups in total. The van der Waals surface area contributed by atoms with E-state index in [9.17, 15) is 4.79 Å². The highest BCUT2D eigenvalue weighted by Gasteiger charge is 2.39. The third-order valence-corrected chi connectivity index (χ3v) is 4.83.